The number of carboxylic acids is 1. The summed E-state index contributed by atoms with van der Waals surface area (Å²) in [5, 5.41) is 10.8. The summed E-state index contributed by atoms with van der Waals surface area (Å²) in [5.41, 5.74) is 2.82. The summed E-state index contributed by atoms with van der Waals surface area (Å²) in [4.78, 5) is 16.4. The van der Waals surface area contributed by atoms with E-state index in [1.54, 1.807) is 16.8 Å². The van der Waals surface area contributed by atoms with Crippen LogP contribution in [0.15, 0.2) is 17.0 Å². The SMILES string of the molecule is Cc1ccsc1-c1scnc1C(=O)O. The summed E-state index contributed by atoms with van der Waals surface area (Å²) in [6.07, 6.45) is 0. The molecule has 14 heavy (non-hydrogen) atoms. The molecule has 0 bridgehead atoms. The predicted octanol–water partition coefficient (Wildman–Crippen LogP) is 2.88. The second-order valence-electron chi connectivity index (χ2n) is 2.77. The number of hydrogen-bond acceptors (Lipinski definition) is 4. The van der Waals surface area contributed by atoms with Crippen LogP contribution in [0.3, 0.4) is 0 Å². The number of hydrogen-bond donors (Lipinski definition) is 1. The summed E-state index contributed by atoms with van der Waals surface area (Å²) in [6.45, 7) is 1.97. The summed E-state index contributed by atoms with van der Waals surface area (Å²) < 4.78 is 0. The van der Waals surface area contributed by atoms with Crippen LogP contribution in [-0.4, -0.2) is 16.1 Å². The van der Waals surface area contributed by atoms with Crippen molar-refractivity contribution >= 4 is 28.6 Å². The van der Waals surface area contributed by atoms with E-state index in [0.29, 0.717) is 0 Å². The lowest BCUT2D eigenvalue weighted by molar-refractivity contribution is 0.0692. The van der Waals surface area contributed by atoms with Gasteiger partial charge in [0.15, 0.2) is 5.69 Å². The molecule has 72 valence electrons. The summed E-state index contributed by atoms with van der Waals surface area (Å²) in [5.74, 6) is -0.964. The summed E-state index contributed by atoms with van der Waals surface area (Å²) >= 11 is 2.91. The second-order valence-corrected chi connectivity index (χ2v) is 4.54. The standard InChI is InChI=1S/C9H7NO2S2/c1-5-2-3-13-7(5)8-6(9(11)12)10-4-14-8/h2-4H,1H3,(H,11,12). The molecule has 0 saturated carbocycles. The number of aromatic carboxylic acids is 1. The maximum atomic E-state index is 10.8. The molecule has 0 unspecified atom stereocenters. The third kappa shape index (κ3) is 1.44. The van der Waals surface area contributed by atoms with Crippen molar-refractivity contribution in [2.45, 2.75) is 6.92 Å². The Labute approximate surface area is 88.7 Å². The number of nitrogens with zero attached hydrogens (tertiary/aromatic N) is 1. The molecule has 0 spiro atoms. The molecule has 0 aliphatic carbocycles. The molecule has 1 N–H and O–H groups in total. The zero-order valence-electron chi connectivity index (χ0n) is 7.35. The summed E-state index contributed by atoms with van der Waals surface area (Å²) in [6, 6.07) is 1.98. The molecule has 5 heteroatoms. The first kappa shape index (κ1) is 9.36. The van der Waals surface area contributed by atoms with Crippen LogP contribution in [0.4, 0.5) is 0 Å². The van der Waals surface area contributed by atoms with Crippen LogP contribution in [0.5, 0.6) is 0 Å². The minimum atomic E-state index is -0.964. The van der Waals surface area contributed by atoms with Crippen LogP contribution in [0.2, 0.25) is 0 Å². The van der Waals surface area contributed by atoms with Crippen molar-refractivity contribution in [2.24, 2.45) is 0 Å². The van der Waals surface area contributed by atoms with Crippen LogP contribution in [0, 0.1) is 6.92 Å². The minimum absolute atomic E-state index is 0.153. The van der Waals surface area contributed by atoms with E-state index in [9.17, 15) is 4.79 Å². The van der Waals surface area contributed by atoms with Gasteiger partial charge in [0.2, 0.25) is 0 Å². The van der Waals surface area contributed by atoms with Gasteiger partial charge in [0.25, 0.3) is 0 Å². The molecule has 3 nitrogen and oxygen atoms in total. The van der Waals surface area contributed by atoms with Gasteiger partial charge in [0.1, 0.15) is 0 Å². The van der Waals surface area contributed by atoms with Crippen LogP contribution in [0.1, 0.15) is 16.1 Å². The van der Waals surface area contributed by atoms with Gasteiger partial charge in [-0.1, -0.05) is 0 Å². The van der Waals surface area contributed by atoms with E-state index < -0.39 is 5.97 Å². The van der Waals surface area contributed by atoms with Crippen molar-refractivity contribution in [2.75, 3.05) is 0 Å². The molecule has 2 rings (SSSR count). The van der Waals surface area contributed by atoms with Gasteiger partial charge in [0, 0.05) is 4.88 Å². The summed E-state index contributed by atoms with van der Waals surface area (Å²) in [7, 11) is 0. The monoisotopic (exact) mass is 225 g/mol. The molecule has 2 heterocycles. The van der Waals surface area contributed by atoms with Crippen molar-refractivity contribution in [3.05, 3.63) is 28.2 Å². The third-order valence-corrected chi connectivity index (χ3v) is 3.85. The normalized spacial score (nSPS) is 10.4. The molecule has 0 radical (unpaired) electrons. The van der Waals surface area contributed by atoms with E-state index in [2.05, 4.69) is 4.98 Å². The van der Waals surface area contributed by atoms with E-state index in [0.717, 1.165) is 15.3 Å². The fraction of sp³-hybridized carbons (Fsp3) is 0.111. The Bertz CT molecular complexity index is 473. The average Bonchev–Trinajstić information content (AvgIpc) is 2.70. The first-order valence-corrected chi connectivity index (χ1v) is 5.67. The van der Waals surface area contributed by atoms with Crippen LogP contribution >= 0.6 is 22.7 Å². The second kappa shape index (κ2) is 3.51. The van der Waals surface area contributed by atoms with E-state index in [4.69, 9.17) is 5.11 Å². The average molecular weight is 225 g/mol. The molecule has 2 aromatic heterocycles. The zero-order valence-corrected chi connectivity index (χ0v) is 8.98. The molecular formula is C9H7NO2S2. The Morgan fingerprint density at radius 1 is 1.43 bits per heavy atom. The van der Waals surface area contributed by atoms with E-state index in [-0.39, 0.29) is 5.69 Å². The molecule has 0 saturated heterocycles. The lowest BCUT2D eigenvalue weighted by atomic mass is 10.2. The maximum Gasteiger partial charge on any atom is 0.356 e. The first-order chi connectivity index (χ1) is 6.70. The van der Waals surface area contributed by atoms with Gasteiger partial charge in [-0.15, -0.1) is 22.7 Å². The van der Waals surface area contributed by atoms with Crippen LogP contribution < -0.4 is 0 Å². The Morgan fingerprint density at radius 3 is 2.79 bits per heavy atom. The van der Waals surface area contributed by atoms with Gasteiger partial charge in [-0.05, 0) is 23.9 Å². The van der Waals surface area contributed by atoms with E-state index in [1.165, 1.54) is 11.3 Å². The molecular weight excluding hydrogens is 218 g/mol. The van der Waals surface area contributed by atoms with Crippen molar-refractivity contribution < 1.29 is 9.90 Å². The Hall–Kier alpha value is -1.20. The topological polar surface area (TPSA) is 50.2 Å². The number of thiazole rings is 1. The van der Waals surface area contributed by atoms with Gasteiger partial charge in [-0.25, -0.2) is 9.78 Å². The lowest BCUT2D eigenvalue weighted by Gasteiger charge is -1.96. The fourth-order valence-corrected chi connectivity index (χ4v) is 3.10. The Balaban J connectivity index is 2.57. The highest BCUT2D eigenvalue weighted by molar-refractivity contribution is 7.20. The number of aromatic nitrogens is 1. The molecule has 0 fully saturated rings. The molecule has 0 aliphatic rings. The van der Waals surface area contributed by atoms with Gasteiger partial charge >= 0.3 is 5.97 Å². The maximum absolute atomic E-state index is 10.8. The first-order valence-electron chi connectivity index (χ1n) is 3.91. The number of rotatable bonds is 2. The number of aryl methyl sites for hydroxylation is 1. The minimum Gasteiger partial charge on any atom is -0.476 e. The zero-order chi connectivity index (χ0) is 10.1. The van der Waals surface area contributed by atoms with E-state index >= 15 is 0 Å². The van der Waals surface area contributed by atoms with Gasteiger partial charge in [0.05, 0.1) is 10.4 Å². The van der Waals surface area contributed by atoms with Crippen LogP contribution in [0.25, 0.3) is 9.75 Å². The molecule has 0 atom stereocenters. The molecule has 2 aromatic rings. The van der Waals surface area contributed by atoms with Crippen molar-refractivity contribution in [3.8, 4) is 9.75 Å². The van der Waals surface area contributed by atoms with Gasteiger partial charge in [-0.2, -0.15) is 0 Å². The third-order valence-electron chi connectivity index (χ3n) is 1.84. The van der Waals surface area contributed by atoms with E-state index in [1.807, 2.05) is 18.4 Å². The number of carbonyl (C=O) groups is 1. The molecule has 0 amide bonds. The molecule has 0 aliphatic heterocycles. The largest absolute Gasteiger partial charge is 0.476 e. The Morgan fingerprint density at radius 2 is 2.21 bits per heavy atom. The quantitative estimate of drug-likeness (QED) is 0.855. The smallest absolute Gasteiger partial charge is 0.356 e. The fourth-order valence-electron chi connectivity index (χ4n) is 1.16. The number of thiophene rings is 1. The van der Waals surface area contributed by atoms with Gasteiger partial charge in [-0.3, -0.25) is 0 Å². The van der Waals surface area contributed by atoms with Gasteiger partial charge < -0.3 is 5.11 Å². The lowest BCUT2D eigenvalue weighted by Crippen LogP contribution is -1.97. The van der Waals surface area contributed by atoms with Crippen molar-refractivity contribution in [3.63, 3.8) is 0 Å². The highest BCUT2D eigenvalue weighted by Gasteiger charge is 2.17. The molecule has 0 aromatic carbocycles. The predicted molar refractivity (Wildman–Crippen MR) is 57.1 cm³/mol. The number of carboxylic acid groups (broad SMARTS) is 1. The highest BCUT2D eigenvalue weighted by atomic mass is 32.1. The van der Waals surface area contributed by atoms with Crippen LogP contribution in [-0.2, 0) is 0 Å². The highest BCUT2D eigenvalue weighted by Crippen LogP contribution is 2.34. The van der Waals surface area contributed by atoms with Crippen molar-refractivity contribution in [1.82, 2.24) is 4.98 Å². The Kier molecular flexibility index (Phi) is 2.35. The van der Waals surface area contributed by atoms with Crippen molar-refractivity contribution in [1.29, 1.82) is 0 Å².